The number of hydrogen-bond donors (Lipinski definition) is 1. The predicted octanol–water partition coefficient (Wildman–Crippen LogP) is 0.662. The van der Waals surface area contributed by atoms with Crippen LogP contribution in [0, 0.1) is 0 Å². The fraction of sp³-hybridized carbons (Fsp3) is 0.545. The summed E-state index contributed by atoms with van der Waals surface area (Å²) >= 11 is 0. The lowest BCUT2D eigenvalue weighted by atomic mass is 10.4. The monoisotopic (exact) mass is 236 g/mol. The Bertz CT molecular complexity index is 374. The van der Waals surface area contributed by atoms with Gasteiger partial charge in [-0.05, 0) is 12.8 Å². The molecule has 0 saturated carbocycles. The number of rotatable bonds is 4. The highest BCUT2D eigenvalue weighted by molar-refractivity contribution is 5.91. The Labute approximate surface area is 100 Å². The van der Waals surface area contributed by atoms with Crippen molar-refractivity contribution in [3.63, 3.8) is 0 Å². The van der Waals surface area contributed by atoms with E-state index in [-0.39, 0.29) is 12.5 Å². The molecule has 92 valence electrons. The Morgan fingerprint density at radius 3 is 2.65 bits per heavy atom. The fourth-order valence-corrected chi connectivity index (χ4v) is 1.79. The van der Waals surface area contributed by atoms with Crippen LogP contribution < -0.4 is 10.2 Å². The Morgan fingerprint density at radius 1 is 1.41 bits per heavy atom. The molecule has 1 amide bonds. The van der Waals surface area contributed by atoms with Crippen LogP contribution in [-0.4, -0.2) is 42.7 Å². The molecule has 1 aromatic heterocycles. The average Bonchev–Trinajstić information content (AvgIpc) is 2.84. The minimum Gasteiger partial charge on any atom is -0.375 e. The van der Waals surface area contributed by atoms with Gasteiger partial charge in [-0.1, -0.05) is 0 Å². The molecule has 1 fully saturated rings. The highest BCUT2D eigenvalue weighted by atomic mass is 16.5. The van der Waals surface area contributed by atoms with Gasteiger partial charge in [-0.15, -0.1) is 0 Å². The molecule has 0 radical (unpaired) electrons. The van der Waals surface area contributed by atoms with Crippen molar-refractivity contribution < 1.29 is 9.53 Å². The van der Waals surface area contributed by atoms with Crippen LogP contribution in [0.1, 0.15) is 12.8 Å². The van der Waals surface area contributed by atoms with Crippen LogP contribution in [0.2, 0.25) is 0 Å². The first-order chi connectivity index (χ1) is 8.29. The Balaban J connectivity index is 1.95. The summed E-state index contributed by atoms with van der Waals surface area (Å²) < 4.78 is 4.72. The second-order valence-corrected chi connectivity index (χ2v) is 3.95. The van der Waals surface area contributed by atoms with E-state index in [9.17, 15) is 4.79 Å². The van der Waals surface area contributed by atoms with E-state index in [1.165, 1.54) is 20.0 Å². The number of amides is 1. The van der Waals surface area contributed by atoms with E-state index in [0.29, 0.717) is 5.69 Å². The maximum Gasteiger partial charge on any atom is 0.250 e. The molecule has 0 aliphatic carbocycles. The van der Waals surface area contributed by atoms with Crippen molar-refractivity contribution in [2.75, 3.05) is 37.0 Å². The van der Waals surface area contributed by atoms with E-state index < -0.39 is 0 Å². The zero-order valence-electron chi connectivity index (χ0n) is 9.85. The molecule has 0 bridgehead atoms. The third-order valence-electron chi connectivity index (χ3n) is 2.59. The quantitative estimate of drug-likeness (QED) is 0.832. The van der Waals surface area contributed by atoms with E-state index in [4.69, 9.17) is 4.74 Å². The van der Waals surface area contributed by atoms with Gasteiger partial charge in [-0.25, -0.2) is 9.97 Å². The lowest BCUT2D eigenvalue weighted by Crippen LogP contribution is -2.21. The fourth-order valence-electron chi connectivity index (χ4n) is 1.79. The molecule has 0 unspecified atom stereocenters. The number of nitrogens with zero attached hydrogens (tertiary/aromatic N) is 3. The van der Waals surface area contributed by atoms with Crippen LogP contribution in [0.5, 0.6) is 0 Å². The number of carbonyl (C=O) groups excluding carboxylic acids is 1. The van der Waals surface area contributed by atoms with Crippen LogP contribution in [-0.2, 0) is 9.53 Å². The molecule has 6 heteroatoms. The summed E-state index contributed by atoms with van der Waals surface area (Å²) in [4.78, 5) is 21.9. The van der Waals surface area contributed by atoms with E-state index in [1.54, 1.807) is 12.4 Å². The standard InChI is InChI=1S/C11H16N4O2/c1-17-8-10(16)14-9-6-12-11(13-7-9)15-4-2-3-5-15/h6-7H,2-5,8H2,1H3,(H,14,16). The van der Waals surface area contributed by atoms with Gasteiger partial charge in [-0.2, -0.15) is 0 Å². The minimum absolute atomic E-state index is 0.0356. The summed E-state index contributed by atoms with van der Waals surface area (Å²) in [6.45, 7) is 2.05. The topological polar surface area (TPSA) is 67.3 Å². The van der Waals surface area contributed by atoms with Gasteiger partial charge >= 0.3 is 0 Å². The number of hydrogen-bond acceptors (Lipinski definition) is 5. The van der Waals surface area contributed by atoms with E-state index in [1.807, 2.05) is 0 Å². The van der Waals surface area contributed by atoms with Gasteiger partial charge in [0.2, 0.25) is 11.9 Å². The van der Waals surface area contributed by atoms with Gasteiger partial charge in [0.05, 0.1) is 18.1 Å². The molecule has 2 rings (SSSR count). The SMILES string of the molecule is COCC(=O)Nc1cnc(N2CCCC2)nc1. The molecule has 1 N–H and O–H groups in total. The largest absolute Gasteiger partial charge is 0.375 e. The van der Waals surface area contributed by atoms with Crippen LogP contribution >= 0.6 is 0 Å². The number of nitrogens with one attached hydrogen (secondary N) is 1. The molecule has 1 saturated heterocycles. The Kier molecular flexibility index (Phi) is 3.87. The number of anilines is 2. The number of ether oxygens (including phenoxy) is 1. The average molecular weight is 236 g/mol. The molecule has 0 atom stereocenters. The summed E-state index contributed by atoms with van der Waals surface area (Å²) in [5.41, 5.74) is 0.593. The van der Waals surface area contributed by atoms with Crippen LogP contribution in [0.4, 0.5) is 11.6 Å². The summed E-state index contributed by atoms with van der Waals surface area (Å²) in [5, 5.41) is 2.65. The second-order valence-electron chi connectivity index (χ2n) is 3.95. The number of methoxy groups -OCH3 is 1. The van der Waals surface area contributed by atoms with Gasteiger partial charge in [0, 0.05) is 20.2 Å². The normalized spacial score (nSPS) is 15.0. The van der Waals surface area contributed by atoms with Gasteiger partial charge < -0.3 is 15.0 Å². The van der Waals surface area contributed by atoms with Gasteiger partial charge in [0.1, 0.15) is 6.61 Å². The lowest BCUT2D eigenvalue weighted by molar-refractivity contribution is -0.119. The van der Waals surface area contributed by atoms with E-state index >= 15 is 0 Å². The van der Waals surface area contributed by atoms with Crippen molar-refractivity contribution in [2.45, 2.75) is 12.8 Å². The molecule has 1 aliphatic rings. The molecule has 0 spiro atoms. The van der Waals surface area contributed by atoms with Gasteiger partial charge in [-0.3, -0.25) is 4.79 Å². The molecule has 17 heavy (non-hydrogen) atoms. The molecule has 1 aromatic rings. The van der Waals surface area contributed by atoms with Gasteiger partial charge in [0.25, 0.3) is 0 Å². The number of carbonyl (C=O) groups is 1. The lowest BCUT2D eigenvalue weighted by Gasteiger charge is -2.14. The zero-order valence-corrected chi connectivity index (χ0v) is 9.85. The highest BCUT2D eigenvalue weighted by Crippen LogP contribution is 2.15. The van der Waals surface area contributed by atoms with Crippen molar-refractivity contribution >= 4 is 17.5 Å². The first-order valence-corrected chi connectivity index (χ1v) is 5.65. The van der Waals surface area contributed by atoms with Crippen LogP contribution in [0.15, 0.2) is 12.4 Å². The molecule has 1 aliphatic heterocycles. The highest BCUT2D eigenvalue weighted by Gasteiger charge is 2.14. The molecular weight excluding hydrogens is 220 g/mol. The Morgan fingerprint density at radius 2 is 2.06 bits per heavy atom. The van der Waals surface area contributed by atoms with Crippen molar-refractivity contribution in [2.24, 2.45) is 0 Å². The predicted molar refractivity (Wildman–Crippen MR) is 64.0 cm³/mol. The molecule has 0 aromatic carbocycles. The smallest absolute Gasteiger partial charge is 0.250 e. The molecule has 2 heterocycles. The Hall–Kier alpha value is -1.69. The van der Waals surface area contributed by atoms with Crippen molar-refractivity contribution in [3.8, 4) is 0 Å². The van der Waals surface area contributed by atoms with Crippen LogP contribution in [0.3, 0.4) is 0 Å². The van der Waals surface area contributed by atoms with E-state index in [2.05, 4.69) is 20.2 Å². The third kappa shape index (κ3) is 3.13. The second kappa shape index (κ2) is 5.58. The molecule has 6 nitrogen and oxygen atoms in total. The zero-order chi connectivity index (χ0) is 12.1. The maximum atomic E-state index is 11.3. The first-order valence-electron chi connectivity index (χ1n) is 5.65. The number of aromatic nitrogens is 2. The van der Waals surface area contributed by atoms with Crippen molar-refractivity contribution in [1.82, 2.24) is 9.97 Å². The minimum atomic E-state index is -0.204. The summed E-state index contributed by atoms with van der Waals surface area (Å²) in [6, 6.07) is 0. The van der Waals surface area contributed by atoms with Crippen LogP contribution in [0.25, 0.3) is 0 Å². The first kappa shape index (κ1) is 11.8. The van der Waals surface area contributed by atoms with Gasteiger partial charge in [0.15, 0.2) is 0 Å². The maximum absolute atomic E-state index is 11.3. The van der Waals surface area contributed by atoms with E-state index in [0.717, 1.165) is 19.0 Å². The third-order valence-corrected chi connectivity index (χ3v) is 2.59. The summed E-state index contributed by atoms with van der Waals surface area (Å²) in [7, 11) is 1.48. The van der Waals surface area contributed by atoms with Crippen molar-refractivity contribution in [3.05, 3.63) is 12.4 Å². The van der Waals surface area contributed by atoms with Crippen molar-refractivity contribution in [1.29, 1.82) is 0 Å². The summed E-state index contributed by atoms with van der Waals surface area (Å²) in [5.74, 6) is 0.525. The molecular formula is C11H16N4O2. The summed E-state index contributed by atoms with van der Waals surface area (Å²) in [6.07, 6.45) is 5.62.